The van der Waals surface area contributed by atoms with E-state index < -0.39 is 0 Å². The van der Waals surface area contributed by atoms with E-state index in [1.807, 2.05) is 65.0 Å². The van der Waals surface area contributed by atoms with Crippen LogP contribution in [0.25, 0.3) is 11.0 Å². The molecule has 0 N–H and O–H groups in total. The fraction of sp³-hybridized carbons (Fsp3) is 0.300. The van der Waals surface area contributed by atoms with E-state index in [1.165, 1.54) is 0 Å². The van der Waals surface area contributed by atoms with Crippen molar-refractivity contribution in [3.63, 3.8) is 0 Å². The minimum absolute atomic E-state index is 0.0272. The molecular weight excluding hydrogens is 334 g/mol. The number of imidazole rings is 1. The summed E-state index contributed by atoms with van der Waals surface area (Å²) >= 11 is 6.10. The zero-order chi connectivity index (χ0) is 18.0. The number of carbonyl (C=O) groups is 1. The molecule has 0 atom stereocenters. The lowest BCUT2D eigenvalue weighted by molar-refractivity contribution is 0.0717. The zero-order valence-corrected chi connectivity index (χ0v) is 15.5. The number of halogens is 1. The molecule has 3 aromatic rings. The van der Waals surface area contributed by atoms with Crippen LogP contribution in [0, 0.1) is 5.92 Å². The van der Waals surface area contributed by atoms with Crippen LogP contribution in [0.5, 0.6) is 0 Å². The van der Waals surface area contributed by atoms with Crippen LogP contribution in [0.1, 0.15) is 30.0 Å². The molecule has 4 nitrogen and oxygen atoms in total. The summed E-state index contributed by atoms with van der Waals surface area (Å²) in [6, 6.07) is 15.0. The minimum atomic E-state index is 0.0272. The smallest absolute Gasteiger partial charge is 0.254 e. The Labute approximate surface area is 153 Å². The lowest BCUT2D eigenvalue weighted by Gasteiger charge is -2.24. The summed E-state index contributed by atoms with van der Waals surface area (Å²) in [5, 5.41) is 0.682. The van der Waals surface area contributed by atoms with Gasteiger partial charge in [-0.3, -0.25) is 4.79 Å². The molecule has 1 aromatic heterocycles. The Kier molecular flexibility index (Phi) is 5.09. The minimum Gasteiger partial charge on any atom is -0.331 e. The third kappa shape index (κ3) is 3.85. The van der Waals surface area contributed by atoms with E-state index in [2.05, 4.69) is 18.8 Å². The first-order valence-electron chi connectivity index (χ1n) is 8.41. The largest absolute Gasteiger partial charge is 0.331 e. The van der Waals surface area contributed by atoms with Crippen LogP contribution in [0.2, 0.25) is 5.02 Å². The summed E-state index contributed by atoms with van der Waals surface area (Å²) < 4.78 is 2.01. The van der Waals surface area contributed by atoms with E-state index in [4.69, 9.17) is 11.6 Å². The number of carbonyl (C=O) groups excluding carboxylic acids is 1. The molecule has 0 aliphatic carbocycles. The van der Waals surface area contributed by atoms with Crippen molar-refractivity contribution in [1.29, 1.82) is 0 Å². The number of nitrogens with zero attached hydrogens (tertiary/aromatic N) is 3. The van der Waals surface area contributed by atoms with Gasteiger partial charge in [-0.1, -0.05) is 43.6 Å². The summed E-state index contributed by atoms with van der Waals surface area (Å²) in [4.78, 5) is 19.5. The maximum Gasteiger partial charge on any atom is 0.254 e. The second-order valence-electron chi connectivity index (χ2n) is 6.67. The van der Waals surface area contributed by atoms with Gasteiger partial charge in [-0.15, -0.1) is 0 Å². The van der Waals surface area contributed by atoms with E-state index in [0.29, 0.717) is 29.6 Å². The van der Waals surface area contributed by atoms with Crippen molar-refractivity contribution in [3.05, 3.63) is 64.9 Å². The lowest BCUT2D eigenvalue weighted by Crippen LogP contribution is -2.34. The topological polar surface area (TPSA) is 38.1 Å². The van der Waals surface area contributed by atoms with E-state index in [0.717, 1.165) is 16.9 Å². The normalized spacial score (nSPS) is 11.2. The predicted molar refractivity (Wildman–Crippen MR) is 102 cm³/mol. The van der Waals surface area contributed by atoms with E-state index in [9.17, 15) is 4.79 Å². The number of amides is 1. The number of aromatic nitrogens is 2. The van der Waals surface area contributed by atoms with Crippen LogP contribution in [-0.2, 0) is 13.6 Å². The van der Waals surface area contributed by atoms with Crippen molar-refractivity contribution in [2.75, 3.05) is 6.54 Å². The molecule has 1 heterocycles. The molecule has 0 radical (unpaired) electrons. The second-order valence-corrected chi connectivity index (χ2v) is 7.10. The van der Waals surface area contributed by atoms with Gasteiger partial charge in [0.15, 0.2) is 0 Å². The maximum atomic E-state index is 12.9. The average Bonchev–Trinajstić information content (AvgIpc) is 2.90. The first-order chi connectivity index (χ1) is 12.0. The number of rotatable bonds is 5. The van der Waals surface area contributed by atoms with Gasteiger partial charge < -0.3 is 9.47 Å². The van der Waals surface area contributed by atoms with E-state index in [-0.39, 0.29) is 5.91 Å². The summed E-state index contributed by atoms with van der Waals surface area (Å²) in [5.74, 6) is 1.25. The predicted octanol–water partition coefficient (Wildman–Crippen LogP) is 4.53. The van der Waals surface area contributed by atoms with Gasteiger partial charge in [0.1, 0.15) is 5.82 Å². The van der Waals surface area contributed by atoms with Crippen LogP contribution in [0.4, 0.5) is 0 Å². The zero-order valence-electron chi connectivity index (χ0n) is 14.7. The molecule has 25 heavy (non-hydrogen) atoms. The SMILES string of the molecule is CC(C)CN(Cc1nc2ccc(Cl)cc2n1C)C(=O)c1ccccc1. The first kappa shape index (κ1) is 17.5. The van der Waals surface area contributed by atoms with Crippen molar-refractivity contribution in [2.24, 2.45) is 13.0 Å². The molecule has 3 rings (SSSR count). The van der Waals surface area contributed by atoms with Crippen LogP contribution < -0.4 is 0 Å². The van der Waals surface area contributed by atoms with Crippen LogP contribution >= 0.6 is 11.6 Å². The molecule has 2 aromatic carbocycles. The molecule has 0 aliphatic heterocycles. The van der Waals surface area contributed by atoms with Gasteiger partial charge in [0.2, 0.25) is 0 Å². The Morgan fingerprint density at radius 3 is 2.60 bits per heavy atom. The van der Waals surface area contributed by atoms with Gasteiger partial charge in [-0.25, -0.2) is 4.98 Å². The van der Waals surface area contributed by atoms with Crippen LogP contribution in [0.3, 0.4) is 0 Å². The Morgan fingerprint density at radius 2 is 1.92 bits per heavy atom. The molecule has 130 valence electrons. The molecule has 0 aliphatic rings. The monoisotopic (exact) mass is 355 g/mol. The molecular formula is C20H22ClN3O. The van der Waals surface area contributed by atoms with Gasteiger partial charge >= 0.3 is 0 Å². The Hall–Kier alpha value is -2.33. The highest BCUT2D eigenvalue weighted by atomic mass is 35.5. The van der Waals surface area contributed by atoms with Gasteiger partial charge in [-0.05, 0) is 36.2 Å². The molecule has 0 unspecified atom stereocenters. The lowest BCUT2D eigenvalue weighted by atomic mass is 10.1. The summed E-state index contributed by atoms with van der Waals surface area (Å²) in [7, 11) is 1.96. The van der Waals surface area contributed by atoms with Crippen molar-refractivity contribution >= 4 is 28.5 Å². The van der Waals surface area contributed by atoms with Gasteiger partial charge in [0.05, 0.1) is 17.6 Å². The molecule has 0 bridgehead atoms. The highest BCUT2D eigenvalue weighted by Gasteiger charge is 2.20. The standard InChI is InChI=1S/C20H22ClN3O/c1-14(2)12-24(20(25)15-7-5-4-6-8-15)13-19-22-17-10-9-16(21)11-18(17)23(19)3/h4-11,14H,12-13H2,1-3H3. The number of benzene rings is 2. The third-order valence-electron chi connectivity index (χ3n) is 4.16. The Balaban J connectivity index is 1.93. The second kappa shape index (κ2) is 7.28. The van der Waals surface area contributed by atoms with Gasteiger partial charge in [-0.2, -0.15) is 0 Å². The Morgan fingerprint density at radius 1 is 1.20 bits per heavy atom. The van der Waals surface area contributed by atoms with Gasteiger partial charge in [0.25, 0.3) is 5.91 Å². The van der Waals surface area contributed by atoms with Crippen molar-refractivity contribution in [3.8, 4) is 0 Å². The number of fused-ring (bicyclic) bond motifs is 1. The average molecular weight is 356 g/mol. The fourth-order valence-electron chi connectivity index (χ4n) is 2.95. The highest BCUT2D eigenvalue weighted by molar-refractivity contribution is 6.31. The molecule has 0 saturated carbocycles. The third-order valence-corrected chi connectivity index (χ3v) is 4.40. The van der Waals surface area contributed by atoms with Crippen LogP contribution in [-0.4, -0.2) is 26.9 Å². The molecule has 0 spiro atoms. The fourth-order valence-corrected chi connectivity index (χ4v) is 3.11. The van der Waals surface area contributed by atoms with Crippen molar-refractivity contribution in [2.45, 2.75) is 20.4 Å². The maximum absolute atomic E-state index is 12.9. The molecule has 5 heteroatoms. The van der Waals surface area contributed by atoms with E-state index >= 15 is 0 Å². The van der Waals surface area contributed by atoms with E-state index in [1.54, 1.807) is 0 Å². The highest BCUT2D eigenvalue weighted by Crippen LogP contribution is 2.21. The van der Waals surface area contributed by atoms with Crippen LogP contribution in [0.15, 0.2) is 48.5 Å². The molecule has 0 saturated heterocycles. The first-order valence-corrected chi connectivity index (χ1v) is 8.78. The van der Waals surface area contributed by atoms with Gasteiger partial charge in [0, 0.05) is 24.2 Å². The quantitative estimate of drug-likeness (QED) is 0.674. The summed E-state index contributed by atoms with van der Waals surface area (Å²) in [5.41, 5.74) is 2.56. The van der Waals surface area contributed by atoms with Crippen molar-refractivity contribution < 1.29 is 4.79 Å². The number of hydrogen-bond donors (Lipinski definition) is 0. The summed E-state index contributed by atoms with van der Waals surface area (Å²) in [6.07, 6.45) is 0. The number of hydrogen-bond acceptors (Lipinski definition) is 2. The Bertz CT molecular complexity index is 887. The molecule has 0 fully saturated rings. The number of aryl methyl sites for hydroxylation is 1. The molecule has 1 amide bonds. The summed E-state index contributed by atoms with van der Waals surface area (Å²) in [6.45, 7) is 5.37. The van der Waals surface area contributed by atoms with Crippen molar-refractivity contribution in [1.82, 2.24) is 14.5 Å².